The predicted molar refractivity (Wildman–Crippen MR) is 118 cm³/mol. The van der Waals surface area contributed by atoms with Crippen molar-refractivity contribution in [1.82, 2.24) is 14.8 Å². The normalized spacial score (nSPS) is 18.6. The lowest BCUT2D eigenvalue weighted by molar-refractivity contribution is -0.122. The predicted octanol–water partition coefficient (Wildman–Crippen LogP) is 3.88. The number of ketones is 1. The summed E-state index contributed by atoms with van der Waals surface area (Å²) in [6.07, 6.45) is 5.61. The van der Waals surface area contributed by atoms with Gasteiger partial charge in [0, 0.05) is 24.8 Å². The molecule has 0 bridgehead atoms. The minimum Gasteiger partial charge on any atom is -0.381 e. The number of hydrogen-bond donors (Lipinski definition) is 0. The van der Waals surface area contributed by atoms with Gasteiger partial charge in [-0.25, -0.2) is 17.8 Å². The number of fused-ring (bicyclic) bond motifs is 1. The Morgan fingerprint density at radius 2 is 1.97 bits per heavy atom. The van der Waals surface area contributed by atoms with E-state index in [1.807, 2.05) is 0 Å². The van der Waals surface area contributed by atoms with Gasteiger partial charge in [0.05, 0.1) is 23.4 Å². The first kappa shape index (κ1) is 22.5. The molecule has 33 heavy (non-hydrogen) atoms. The van der Waals surface area contributed by atoms with Gasteiger partial charge in [-0.15, -0.1) is 0 Å². The Kier molecular flexibility index (Phi) is 6.04. The fourth-order valence-electron chi connectivity index (χ4n) is 4.38. The van der Waals surface area contributed by atoms with Gasteiger partial charge in [0.15, 0.2) is 20.8 Å². The molecule has 3 heterocycles. The fraction of sp³-hybridized carbons (Fsp3) is 0.500. The van der Waals surface area contributed by atoms with Gasteiger partial charge in [-0.3, -0.25) is 9.48 Å². The average molecular weight is 496 g/mol. The largest absolute Gasteiger partial charge is 0.381 e. The molecule has 176 valence electrons. The zero-order valence-electron chi connectivity index (χ0n) is 17.7. The first-order chi connectivity index (χ1) is 15.8. The standard InChI is InChI=1S/C22H23F2N3O4S2/c23-16-3-4-17-15(22(16)33(29,30)14-1-2-14)12-27(26-17)18(9-13-5-7-31-8-6-13)19(28)10-21-25-11-20(24)32-21/h3-4,11-14,18H,1-2,5-10H2. The van der Waals surface area contributed by atoms with Crippen molar-refractivity contribution in [2.24, 2.45) is 5.92 Å². The molecule has 1 unspecified atom stereocenters. The first-order valence-corrected chi connectivity index (χ1v) is 13.3. The van der Waals surface area contributed by atoms with Crippen LogP contribution in [0.15, 0.2) is 29.4 Å². The highest BCUT2D eigenvalue weighted by molar-refractivity contribution is 7.92. The number of aromatic nitrogens is 3. The number of sulfone groups is 1. The van der Waals surface area contributed by atoms with Gasteiger partial charge in [-0.1, -0.05) is 11.3 Å². The van der Waals surface area contributed by atoms with Crippen LogP contribution in [0.2, 0.25) is 0 Å². The molecular formula is C22H23F2N3O4S2. The van der Waals surface area contributed by atoms with Crippen LogP contribution in [0.1, 0.15) is 43.2 Å². The molecule has 0 spiro atoms. The molecule has 11 heteroatoms. The molecule has 1 atom stereocenters. The molecule has 3 aromatic rings. The number of ether oxygens (including phenoxy) is 1. The lowest BCUT2D eigenvalue weighted by atomic mass is 9.90. The SMILES string of the molecule is O=C(Cc1ncc(F)s1)C(CC1CCOCC1)n1cc2c(S(=O)(=O)C3CC3)c(F)ccc2n1. The van der Waals surface area contributed by atoms with Gasteiger partial charge < -0.3 is 4.74 Å². The molecule has 2 fully saturated rings. The molecule has 0 amide bonds. The lowest BCUT2D eigenvalue weighted by Gasteiger charge is -2.26. The maximum Gasteiger partial charge on any atom is 0.196 e. The Labute approximate surface area is 193 Å². The third-order valence-corrected chi connectivity index (χ3v) is 9.42. The second-order valence-electron chi connectivity index (χ2n) is 8.67. The van der Waals surface area contributed by atoms with E-state index in [4.69, 9.17) is 4.74 Å². The van der Waals surface area contributed by atoms with Crippen molar-refractivity contribution in [1.29, 1.82) is 0 Å². The Hall–Kier alpha value is -2.24. The summed E-state index contributed by atoms with van der Waals surface area (Å²) in [6.45, 7) is 1.22. The number of rotatable bonds is 8. The summed E-state index contributed by atoms with van der Waals surface area (Å²) < 4.78 is 60.8. The first-order valence-electron chi connectivity index (χ1n) is 10.9. The molecule has 1 saturated heterocycles. The maximum atomic E-state index is 14.7. The van der Waals surface area contributed by atoms with Crippen LogP contribution in [0.4, 0.5) is 8.78 Å². The second-order valence-corrected chi connectivity index (χ2v) is 11.9. The minimum atomic E-state index is -3.81. The number of halogens is 2. The zero-order valence-corrected chi connectivity index (χ0v) is 19.4. The molecule has 2 aliphatic rings. The van der Waals surface area contributed by atoms with E-state index < -0.39 is 32.1 Å². The van der Waals surface area contributed by atoms with Crippen LogP contribution >= 0.6 is 11.3 Å². The summed E-state index contributed by atoms with van der Waals surface area (Å²) in [4.78, 5) is 16.9. The van der Waals surface area contributed by atoms with Crippen LogP contribution in [0.5, 0.6) is 0 Å². The summed E-state index contributed by atoms with van der Waals surface area (Å²) in [7, 11) is -3.81. The topological polar surface area (TPSA) is 91.1 Å². The van der Waals surface area contributed by atoms with Crippen LogP contribution in [0.25, 0.3) is 10.9 Å². The van der Waals surface area contributed by atoms with Crippen LogP contribution < -0.4 is 0 Å². The highest BCUT2D eigenvalue weighted by atomic mass is 32.2. The van der Waals surface area contributed by atoms with E-state index in [0.717, 1.165) is 36.4 Å². The minimum absolute atomic E-state index is 0.0553. The van der Waals surface area contributed by atoms with Gasteiger partial charge in [0.25, 0.3) is 0 Å². The molecule has 1 aliphatic carbocycles. The monoisotopic (exact) mass is 495 g/mol. The van der Waals surface area contributed by atoms with E-state index >= 15 is 0 Å². The van der Waals surface area contributed by atoms with Crippen molar-refractivity contribution in [3.05, 3.63) is 40.5 Å². The quantitative estimate of drug-likeness (QED) is 0.471. The van der Waals surface area contributed by atoms with Crippen LogP contribution in [-0.2, 0) is 25.8 Å². The van der Waals surface area contributed by atoms with Crippen molar-refractivity contribution in [2.75, 3.05) is 13.2 Å². The van der Waals surface area contributed by atoms with E-state index in [-0.39, 0.29) is 28.4 Å². The third-order valence-electron chi connectivity index (χ3n) is 6.30. The van der Waals surface area contributed by atoms with Crippen LogP contribution in [-0.4, -0.2) is 47.4 Å². The van der Waals surface area contributed by atoms with Gasteiger partial charge in [0.2, 0.25) is 0 Å². The van der Waals surface area contributed by atoms with E-state index in [1.54, 1.807) is 0 Å². The highest BCUT2D eigenvalue weighted by Gasteiger charge is 2.40. The van der Waals surface area contributed by atoms with Crippen molar-refractivity contribution in [2.45, 2.75) is 54.7 Å². The summed E-state index contributed by atoms with van der Waals surface area (Å²) in [5.41, 5.74) is 0.320. The summed E-state index contributed by atoms with van der Waals surface area (Å²) in [6, 6.07) is 1.84. The summed E-state index contributed by atoms with van der Waals surface area (Å²) in [5, 5.41) is 4.01. The lowest BCUT2D eigenvalue weighted by Crippen LogP contribution is -2.27. The average Bonchev–Trinajstić information content (AvgIpc) is 3.46. The van der Waals surface area contributed by atoms with Crippen molar-refractivity contribution in [3.63, 3.8) is 0 Å². The molecule has 7 nitrogen and oxygen atoms in total. The summed E-state index contributed by atoms with van der Waals surface area (Å²) >= 11 is 0.820. The van der Waals surface area contributed by atoms with E-state index in [1.165, 1.54) is 16.9 Å². The highest BCUT2D eigenvalue weighted by Crippen LogP contribution is 2.38. The number of thiazole rings is 1. The number of benzene rings is 1. The molecule has 0 radical (unpaired) electrons. The van der Waals surface area contributed by atoms with Crippen LogP contribution in [0, 0.1) is 16.9 Å². The van der Waals surface area contributed by atoms with Gasteiger partial charge in [0.1, 0.15) is 21.8 Å². The Balaban J connectivity index is 1.53. The van der Waals surface area contributed by atoms with Crippen molar-refractivity contribution < 1.29 is 26.7 Å². The number of carbonyl (C=O) groups excluding carboxylic acids is 1. The molecule has 2 aromatic heterocycles. The Morgan fingerprint density at radius 1 is 1.21 bits per heavy atom. The van der Waals surface area contributed by atoms with Crippen LogP contribution in [0.3, 0.4) is 0 Å². The van der Waals surface area contributed by atoms with Gasteiger partial charge in [-0.2, -0.15) is 9.49 Å². The molecule has 1 aromatic carbocycles. The van der Waals surface area contributed by atoms with E-state index in [9.17, 15) is 22.0 Å². The number of hydrogen-bond acceptors (Lipinski definition) is 7. The van der Waals surface area contributed by atoms with Gasteiger partial charge >= 0.3 is 0 Å². The molecule has 5 rings (SSSR count). The molecular weight excluding hydrogens is 472 g/mol. The van der Waals surface area contributed by atoms with E-state index in [0.29, 0.717) is 43.0 Å². The van der Waals surface area contributed by atoms with Gasteiger partial charge in [-0.05, 0) is 50.2 Å². The third kappa shape index (κ3) is 4.58. The molecule has 1 saturated carbocycles. The van der Waals surface area contributed by atoms with Crippen molar-refractivity contribution >= 4 is 37.9 Å². The molecule has 1 aliphatic heterocycles. The zero-order chi connectivity index (χ0) is 23.2. The fourth-order valence-corrected chi connectivity index (χ4v) is 6.92. The smallest absolute Gasteiger partial charge is 0.196 e. The second kappa shape index (κ2) is 8.84. The number of Topliss-reactive ketones (excluding diaryl/α,β-unsaturated/α-hetero) is 1. The summed E-state index contributed by atoms with van der Waals surface area (Å²) in [5.74, 6) is -0.783. The Morgan fingerprint density at radius 3 is 2.64 bits per heavy atom. The van der Waals surface area contributed by atoms with Crippen molar-refractivity contribution in [3.8, 4) is 0 Å². The van der Waals surface area contributed by atoms with E-state index in [2.05, 4.69) is 10.1 Å². The maximum absolute atomic E-state index is 14.7. The Bertz CT molecular complexity index is 1290. The number of nitrogens with zero attached hydrogens (tertiary/aromatic N) is 3. The molecule has 0 N–H and O–H groups in total. The number of carbonyl (C=O) groups is 1.